The van der Waals surface area contributed by atoms with Crippen molar-refractivity contribution in [2.24, 2.45) is 0 Å². The molecule has 0 saturated carbocycles. The Morgan fingerprint density at radius 1 is 0.271 bits per heavy atom. The lowest BCUT2D eigenvalue weighted by atomic mass is 10.0. The third-order valence-corrected chi connectivity index (χ3v) is 12.1. The lowest BCUT2D eigenvalue weighted by molar-refractivity contribution is -0.167. The molecule has 1 unspecified atom stereocenters. The van der Waals surface area contributed by atoms with Gasteiger partial charge >= 0.3 is 17.9 Å². The second-order valence-corrected chi connectivity index (χ2v) is 18.2. The molecule has 6 nitrogen and oxygen atoms in total. The predicted molar refractivity (Wildman–Crippen MR) is 252 cm³/mol. The first kappa shape index (κ1) is 57.4. The molecule has 0 aliphatic rings. The topological polar surface area (TPSA) is 78.9 Å². The lowest BCUT2D eigenvalue weighted by Crippen LogP contribution is -2.30. The van der Waals surface area contributed by atoms with E-state index in [9.17, 15) is 14.4 Å². The number of esters is 3. The molecule has 0 saturated heterocycles. The molecule has 0 aromatic heterocycles. The molecular weight excluding hydrogens is 733 g/mol. The van der Waals surface area contributed by atoms with Crippen molar-refractivity contribution in [3.63, 3.8) is 0 Å². The molecule has 0 aromatic rings. The van der Waals surface area contributed by atoms with Gasteiger partial charge in [0.2, 0.25) is 0 Å². The summed E-state index contributed by atoms with van der Waals surface area (Å²) in [4.78, 5) is 37.4. The van der Waals surface area contributed by atoms with Crippen LogP contribution in [0, 0.1) is 0 Å². The van der Waals surface area contributed by atoms with Crippen LogP contribution in [0.5, 0.6) is 0 Å². The SMILES string of the molecule is CCCCCCCCCCCCCCCCCCCCCCCCCCCCCCC(=O)OCC(COC(=O)CCCCCCCC)OC(=O)CCCCCCCCC. The van der Waals surface area contributed by atoms with E-state index in [0.29, 0.717) is 19.3 Å². The maximum atomic E-state index is 12.6. The van der Waals surface area contributed by atoms with Crippen molar-refractivity contribution < 1.29 is 28.6 Å². The quantitative estimate of drug-likeness (QED) is 0.0345. The van der Waals surface area contributed by atoms with E-state index in [1.54, 1.807) is 0 Å². The third kappa shape index (κ3) is 47.3. The lowest BCUT2D eigenvalue weighted by Gasteiger charge is -2.18. The normalized spacial score (nSPS) is 11.8. The van der Waals surface area contributed by atoms with Gasteiger partial charge < -0.3 is 14.2 Å². The van der Waals surface area contributed by atoms with Crippen molar-refractivity contribution in [3.8, 4) is 0 Å². The summed E-state index contributed by atoms with van der Waals surface area (Å²) in [5.74, 6) is -0.866. The van der Waals surface area contributed by atoms with Crippen LogP contribution in [-0.2, 0) is 28.6 Å². The summed E-state index contributed by atoms with van der Waals surface area (Å²) in [7, 11) is 0. The van der Waals surface area contributed by atoms with E-state index < -0.39 is 6.10 Å². The first-order valence-corrected chi connectivity index (χ1v) is 26.5. The number of hydrogen-bond donors (Lipinski definition) is 0. The molecule has 0 amide bonds. The Morgan fingerprint density at radius 3 is 0.678 bits per heavy atom. The van der Waals surface area contributed by atoms with E-state index in [2.05, 4.69) is 20.8 Å². The Morgan fingerprint density at radius 2 is 0.458 bits per heavy atom. The minimum absolute atomic E-state index is 0.0641. The van der Waals surface area contributed by atoms with Crippen LogP contribution in [-0.4, -0.2) is 37.2 Å². The number of hydrogen-bond acceptors (Lipinski definition) is 6. The van der Waals surface area contributed by atoms with Gasteiger partial charge in [-0.3, -0.25) is 14.4 Å². The van der Waals surface area contributed by atoms with Crippen LogP contribution < -0.4 is 0 Å². The van der Waals surface area contributed by atoms with Gasteiger partial charge in [0.05, 0.1) is 0 Å². The first-order valence-electron chi connectivity index (χ1n) is 26.5. The smallest absolute Gasteiger partial charge is 0.306 e. The van der Waals surface area contributed by atoms with Crippen LogP contribution in [0.1, 0.15) is 303 Å². The molecule has 0 radical (unpaired) electrons. The van der Waals surface area contributed by atoms with Crippen LogP contribution in [0.25, 0.3) is 0 Å². The fourth-order valence-corrected chi connectivity index (χ4v) is 8.09. The first-order chi connectivity index (χ1) is 29.0. The summed E-state index contributed by atoms with van der Waals surface area (Å²) >= 11 is 0. The third-order valence-electron chi connectivity index (χ3n) is 12.1. The Kier molecular flexibility index (Phi) is 47.7. The molecule has 0 spiro atoms. The second-order valence-electron chi connectivity index (χ2n) is 18.2. The standard InChI is InChI=1S/C53H102O6/c1-4-7-10-13-16-17-18-19-20-21-22-23-24-25-26-27-28-29-30-31-32-33-34-35-36-38-40-43-46-52(55)58-49-50(48-57-51(54)45-42-39-15-12-9-6-3)59-53(56)47-44-41-37-14-11-8-5-2/h50H,4-49H2,1-3H3. The number of carbonyl (C=O) groups is 3. The molecule has 59 heavy (non-hydrogen) atoms. The van der Waals surface area contributed by atoms with Gasteiger partial charge in [0.1, 0.15) is 13.2 Å². The Balaban J connectivity index is 3.83. The molecule has 6 heteroatoms. The van der Waals surface area contributed by atoms with Crippen LogP contribution >= 0.6 is 0 Å². The van der Waals surface area contributed by atoms with E-state index >= 15 is 0 Å². The molecule has 0 heterocycles. The average Bonchev–Trinajstić information content (AvgIpc) is 3.23. The average molecular weight is 835 g/mol. The van der Waals surface area contributed by atoms with Gasteiger partial charge in [-0.05, 0) is 19.3 Å². The minimum Gasteiger partial charge on any atom is -0.462 e. The number of carbonyl (C=O) groups excluding carboxylic acids is 3. The van der Waals surface area contributed by atoms with Crippen molar-refractivity contribution in [2.45, 2.75) is 309 Å². The van der Waals surface area contributed by atoms with E-state index in [0.717, 1.165) is 57.8 Å². The summed E-state index contributed by atoms with van der Waals surface area (Å²) in [6, 6.07) is 0. The highest BCUT2D eigenvalue weighted by Crippen LogP contribution is 2.17. The molecule has 350 valence electrons. The zero-order valence-electron chi connectivity index (χ0n) is 40.1. The minimum atomic E-state index is -0.756. The largest absolute Gasteiger partial charge is 0.462 e. The fraction of sp³-hybridized carbons (Fsp3) is 0.943. The number of ether oxygens (including phenoxy) is 3. The molecule has 0 aliphatic carbocycles. The summed E-state index contributed by atoms with van der Waals surface area (Å²) in [6.07, 6.45) is 53.1. The Labute approximate surface area is 368 Å². The van der Waals surface area contributed by atoms with Crippen molar-refractivity contribution in [1.29, 1.82) is 0 Å². The van der Waals surface area contributed by atoms with E-state index in [1.165, 1.54) is 205 Å². The van der Waals surface area contributed by atoms with Gasteiger partial charge in [0.15, 0.2) is 6.10 Å². The van der Waals surface area contributed by atoms with Crippen LogP contribution in [0.15, 0.2) is 0 Å². The fourth-order valence-electron chi connectivity index (χ4n) is 8.09. The molecule has 0 aromatic carbocycles. The summed E-state index contributed by atoms with van der Waals surface area (Å²) in [5, 5.41) is 0. The van der Waals surface area contributed by atoms with Gasteiger partial charge in [0.25, 0.3) is 0 Å². The van der Waals surface area contributed by atoms with Crippen molar-refractivity contribution >= 4 is 17.9 Å². The van der Waals surface area contributed by atoms with E-state index in [-0.39, 0.29) is 31.1 Å². The summed E-state index contributed by atoms with van der Waals surface area (Å²) in [6.45, 7) is 6.57. The van der Waals surface area contributed by atoms with E-state index in [4.69, 9.17) is 14.2 Å². The number of rotatable bonds is 49. The van der Waals surface area contributed by atoms with Gasteiger partial charge in [0, 0.05) is 19.3 Å². The molecule has 1 atom stereocenters. The van der Waals surface area contributed by atoms with Gasteiger partial charge in [-0.25, -0.2) is 0 Å². The predicted octanol–water partition coefficient (Wildman–Crippen LogP) is 17.2. The van der Waals surface area contributed by atoms with E-state index in [1.807, 2.05) is 0 Å². The summed E-state index contributed by atoms with van der Waals surface area (Å²) < 4.78 is 16.6. The molecule has 0 rings (SSSR count). The Hall–Kier alpha value is -1.59. The van der Waals surface area contributed by atoms with Crippen molar-refractivity contribution in [3.05, 3.63) is 0 Å². The van der Waals surface area contributed by atoms with Crippen LogP contribution in [0.3, 0.4) is 0 Å². The highest BCUT2D eigenvalue weighted by atomic mass is 16.6. The zero-order valence-corrected chi connectivity index (χ0v) is 40.1. The molecule has 0 aliphatic heterocycles. The maximum absolute atomic E-state index is 12.6. The van der Waals surface area contributed by atoms with Crippen molar-refractivity contribution in [2.75, 3.05) is 13.2 Å². The molecular formula is C53H102O6. The van der Waals surface area contributed by atoms with Crippen molar-refractivity contribution in [1.82, 2.24) is 0 Å². The number of unbranched alkanes of at least 4 members (excludes halogenated alkanes) is 38. The Bertz CT molecular complexity index is 874. The van der Waals surface area contributed by atoms with Gasteiger partial charge in [-0.15, -0.1) is 0 Å². The molecule has 0 bridgehead atoms. The molecule has 0 N–H and O–H groups in total. The monoisotopic (exact) mass is 835 g/mol. The van der Waals surface area contributed by atoms with Crippen LogP contribution in [0.4, 0.5) is 0 Å². The van der Waals surface area contributed by atoms with Gasteiger partial charge in [-0.2, -0.15) is 0 Å². The summed E-state index contributed by atoms with van der Waals surface area (Å²) in [5.41, 5.74) is 0. The maximum Gasteiger partial charge on any atom is 0.306 e. The second kappa shape index (κ2) is 49.1. The highest BCUT2D eigenvalue weighted by Gasteiger charge is 2.19. The zero-order chi connectivity index (χ0) is 43.0. The van der Waals surface area contributed by atoms with Gasteiger partial charge in [-0.1, -0.05) is 265 Å². The highest BCUT2D eigenvalue weighted by molar-refractivity contribution is 5.71. The van der Waals surface area contributed by atoms with Crippen LogP contribution in [0.2, 0.25) is 0 Å². The molecule has 0 fully saturated rings.